The zero-order valence-electron chi connectivity index (χ0n) is 11.6. The van der Waals surface area contributed by atoms with Gasteiger partial charge in [0.05, 0.1) is 6.41 Å². The Kier molecular flexibility index (Phi) is 43.3. The van der Waals surface area contributed by atoms with E-state index in [1.54, 1.807) is 29.8 Å². The molecule has 98 valence electrons. The average Bonchev–Trinajstić information content (AvgIpc) is 2.46. The standard InChI is InChI=1S/C5H4N.C4H5NO2.2C2H6.Y/c1-2-4-6-5-3-1;1-2-4(7)5-3-6;2*1-2;/h2-5H;1-2H2,(H,5,6,7);2*1-2H3;/q-1;-2;;;+3. The summed E-state index contributed by atoms with van der Waals surface area (Å²) in [5.74, 6) is -0.407. The van der Waals surface area contributed by atoms with E-state index in [2.05, 4.69) is 18.0 Å². The number of hydrogen-bond donors (Lipinski definition) is 1. The summed E-state index contributed by atoms with van der Waals surface area (Å²) in [5, 5.41) is 1.79. The maximum absolute atomic E-state index is 9.98. The minimum absolute atomic E-state index is 0. The molecule has 0 aromatic carbocycles. The van der Waals surface area contributed by atoms with E-state index >= 15 is 0 Å². The van der Waals surface area contributed by atoms with Crippen molar-refractivity contribution in [2.45, 2.75) is 34.1 Å². The fourth-order valence-corrected chi connectivity index (χ4v) is 0.397. The molecule has 0 spiro atoms. The first-order valence-corrected chi connectivity index (χ1v) is 5.52. The van der Waals surface area contributed by atoms with E-state index in [0.29, 0.717) is 0 Å². The Morgan fingerprint density at radius 1 is 1.28 bits per heavy atom. The molecule has 2 amide bonds. The minimum Gasteiger partial charge on any atom is -0.464 e. The van der Waals surface area contributed by atoms with Crippen molar-refractivity contribution >= 4 is 12.3 Å². The van der Waals surface area contributed by atoms with Crippen molar-refractivity contribution < 1.29 is 42.3 Å². The zero-order chi connectivity index (χ0) is 13.9. The van der Waals surface area contributed by atoms with E-state index in [-0.39, 0.29) is 39.1 Å². The molecule has 1 rings (SSSR count). The van der Waals surface area contributed by atoms with Crippen LogP contribution in [0.2, 0.25) is 0 Å². The first kappa shape index (κ1) is 26.1. The topological polar surface area (TPSA) is 59.1 Å². The number of carbonyl (C=O) groups excluding carboxylic acids is 2. The summed E-state index contributed by atoms with van der Waals surface area (Å²) in [6.07, 6.45) is 4.70. The van der Waals surface area contributed by atoms with Crippen molar-refractivity contribution in [3.8, 4) is 0 Å². The number of rotatable bonds is 2. The van der Waals surface area contributed by atoms with E-state index in [4.69, 9.17) is 0 Å². The van der Waals surface area contributed by atoms with Gasteiger partial charge >= 0.3 is 32.7 Å². The van der Waals surface area contributed by atoms with Crippen LogP contribution in [0, 0.1) is 13.0 Å². The Hall–Kier alpha value is -0.606. The molecular weight excluding hydrogens is 305 g/mol. The maximum Gasteiger partial charge on any atom is 3.00 e. The monoisotopic (exact) mass is 326 g/mol. The summed E-state index contributed by atoms with van der Waals surface area (Å²) >= 11 is 0. The van der Waals surface area contributed by atoms with Crippen molar-refractivity contribution in [3.05, 3.63) is 37.5 Å². The van der Waals surface area contributed by atoms with Crippen LogP contribution in [0.15, 0.2) is 24.5 Å². The van der Waals surface area contributed by atoms with Crippen LogP contribution in [0.25, 0.3) is 0 Å². The Labute approximate surface area is 136 Å². The van der Waals surface area contributed by atoms with Crippen molar-refractivity contribution in [2.24, 2.45) is 0 Å². The number of imide groups is 1. The normalized spacial score (nSPS) is 6.28. The Balaban J connectivity index is -0.0000000819. The predicted octanol–water partition coefficient (Wildman–Crippen LogP) is 2.33. The third-order valence-corrected chi connectivity index (χ3v) is 0.931. The predicted molar refractivity (Wildman–Crippen MR) is 69.6 cm³/mol. The average molecular weight is 326 g/mol. The van der Waals surface area contributed by atoms with E-state index in [9.17, 15) is 9.59 Å². The summed E-state index contributed by atoms with van der Waals surface area (Å²) in [6.45, 7) is 11.2. The molecule has 1 heterocycles. The maximum atomic E-state index is 9.98. The molecule has 0 aliphatic carbocycles. The second-order valence-corrected chi connectivity index (χ2v) is 1.85. The zero-order valence-corrected chi connectivity index (χ0v) is 14.4. The number of pyridine rings is 1. The van der Waals surface area contributed by atoms with Crippen molar-refractivity contribution in [3.63, 3.8) is 0 Å². The molecule has 18 heavy (non-hydrogen) atoms. The second kappa shape index (κ2) is 29.9. The molecule has 0 bridgehead atoms. The summed E-state index contributed by atoms with van der Waals surface area (Å²) in [4.78, 5) is 23.0. The number of nitrogens with one attached hydrogen (secondary N) is 1. The quantitative estimate of drug-likeness (QED) is 0.670. The van der Waals surface area contributed by atoms with Crippen LogP contribution in [0.5, 0.6) is 0 Å². The molecule has 1 N–H and O–H groups in total. The van der Waals surface area contributed by atoms with Gasteiger partial charge in [0.2, 0.25) is 0 Å². The van der Waals surface area contributed by atoms with E-state index in [1.807, 2.05) is 27.7 Å². The van der Waals surface area contributed by atoms with Gasteiger partial charge in [0.1, 0.15) is 0 Å². The molecule has 1 aromatic heterocycles. The van der Waals surface area contributed by atoms with Crippen LogP contribution in [-0.2, 0) is 42.3 Å². The molecule has 0 saturated heterocycles. The molecule has 0 aliphatic rings. The Morgan fingerprint density at radius 2 is 1.72 bits per heavy atom. The van der Waals surface area contributed by atoms with Gasteiger partial charge in [-0.25, -0.2) is 0 Å². The van der Waals surface area contributed by atoms with Crippen LogP contribution >= 0.6 is 0 Å². The molecular formula is C13H21N2O2Y. The second-order valence-electron chi connectivity index (χ2n) is 1.85. The van der Waals surface area contributed by atoms with Crippen LogP contribution < -0.4 is 5.32 Å². The Morgan fingerprint density at radius 3 is 1.83 bits per heavy atom. The number of aromatic nitrogens is 1. The number of nitrogens with zero attached hydrogens (tertiary/aromatic N) is 1. The van der Waals surface area contributed by atoms with Gasteiger partial charge in [-0.05, 0) is 0 Å². The smallest absolute Gasteiger partial charge is 0.464 e. The largest absolute Gasteiger partial charge is 3.00 e. The summed E-state index contributed by atoms with van der Waals surface area (Å²) in [6, 6.07) is 6.36. The fraction of sp³-hybridized carbons (Fsp3) is 0.385. The fourth-order valence-electron chi connectivity index (χ4n) is 0.397. The summed E-state index contributed by atoms with van der Waals surface area (Å²) in [5.41, 5.74) is 0. The molecule has 0 radical (unpaired) electrons. The molecule has 1 aromatic rings. The van der Waals surface area contributed by atoms with Gasteiger partial charge in [0.25, 0.3) is 0 Å². The molecule has 0 saturated carbocycles. The van der Waals surface area contributed by atoms with Gasteiger partial charge in [0, 0.05) is 5.91 Å². The van der Waals surface area contributed by atoms with E-state index in [0.717, 1.165) is 0 Å². The first-order valence-electron chi connectivity index (χ1n) is 5.52. The molecule has 0 atom stereocenters. The van der Waals surface area contributed by atoms with Crippen LogP contribution in [-0.4, -0.2) is 17.3 Å². The number of amides is 2. The molecule has 4 nitrogen and oxygen atoms in total. The van der Waals surface area contributed by atoms with Gasteiger partial charge in [0.15, 0.2) is 0 Å². The molecule has 0 aliphatic heterocycles. The SMILES string of the molecule is CC.CC.[CH2-]CC(=O)N[C-]=O.[Y+3].[c-]1ccncc1. The summed E-state index contributed by atoms with van der Waals surface area (Å²) < 4.78 is 0. The first-order chi connectivity index (χ1) is 8.31. The van der Waals surface area contributed by atoms with Gasteiger partial charge in [-0.3, -0.25) is 0 Å². The molecule has 0 unspecified atom stereocenters. The minimum atomic E-state index is -0.407. The third kappa shape index (κ3) is 29.5. The molecule has 5 heteroatoms. The van der Waals surface area contributed by atoms with Crippen LogP contribution in [0.4, 0.5) is 0 Å². The van der Waals surface area contributed by atoms with Crippen LogP contribution in [0.3, 0.4) is 0 Å². The van der Waals surface area contributed by atoms with E-state index < -0.39 is 5.91 Å². The van der Waals surface area contributed by atoms with Crippen molar-refractivity contribution in [1.29, 1.82) is 0 Å². The van der Waals surface area contributed by atoms with E-state index in [1.165, 1.54) is 6.41 Å². The van der Waals surface area contributed by atoms with Crippen LogP contribution in [0.1, 0.15) is 34.1 Å². The molecule has 0 fully saturated rings. The Bertz CT molecular complexity index is 217. The van der Waals surface area contributed by atoms with Gasteiger partial charge in [-0.1, -0.05) is 40.1 Å². The van der Waals surface area contributed by atoms with Gasteiger partial charge in [-0.15, -0.1) is 0 Å². The van der Waals surface area contributed by atoms with Crippen molar-refractivity contribution in [1.82, 2.24) is 10.3 Å². The van der Waals surface area contributed by atoms with Gasteiger partial charge < -0.3 is 26.8 Å². The van der Waals surface area contributed by atoms with Crippen molar-refractivity contribution in [2.75, 3.05) is 0 Å². The number of hydrogen-bond acceptors (Lipinski definition) is 3. The third-order valence-electron chi connectivity index (χ3n) is 0.931. The summed E-state index contributed by atoms with van der Waals surface area (Å²) in [7, 11) is 0. The van der Waals surface area contributed by atoms with Gasteiger partial charge in [-0.2, -0.15) is 24.6 Å². The number of carbonyl (C=O) groups is 1.